The van der Waals surface area contributed by atoms with E-state index in [1.165, 1.54) is 22.3 Å². The molecule has 0 aliphatic carbocycles. The predicted molar refractivity (Wildman–Crippen MR) is 74.6 cm³/mol. The molecule has 0 spiro atoms. The molecule has 0 aromatic heterocycles. The van der Waals surface area contributed by atoms with E-state index in [0.29, 0.717) is 6.04 Å². The fourth-order valence-corrected chi connectivity index (χ4v) is 2.87. The van der Waals surface area contributed by atoms with Gasteiger partial charge in [0.25, 0.3) is 0 Å². The van der Waals surface area contributed by atoms with Gasteiger partial charge in [-0.15, -0.1) is 0 Å². The molecule has 0 radical (unpaired) electrons. The lowest BCUT2D eigenvalue weighted by atomic mass is 9.87. The Morgan fingerprint density at radius 3 is 1.72 bits per heavy atom. The number of fused-ring (bicyclic) bond motifs is 5. The van der Waals surface area contributed by atoms with Crippen LogP contribution in [0.25, 0.3) is 12.2 Å². The van der Waals surface area contributed by atoms with Crippen molar-refractivity contribution < 1.29 is 0 Å². The summed E-state index contributed by atoms with van der Waals surface area (Å²) in [5.41, 5.74) is 5.42. The molecule has 0 saturated carbocycles. The van der Waals surface area contributed by atoms with Crippen LogP contribution in [0.5, 0.6) is 0 Å². The summed E-state index contributed by atoms with van der Waals surface area (Å²) in [5, 5.41) is 0. The Kier molecular flexibility index (Phi) is 1.95. The summed E-state index contributed by atoms with van der Waals surface area (Å²) >= 11 is 0. The van der Waals surface area contributed by atoms with E-state index in [2.05, 4.69) is 78.0 Å². The zero-order valence-corrected chi connectivity index (χ0v) is 9.95. The Labute approximate surface area is 107 Å². The van der Waals surface area contributed by atoms with Crippen LogP contribution in [0.4, 0.5) is 0 Å². The minimum atomic E-state index is 0.326. The van der Waals surface area contributed by atoms with Crippen LogP contribution in [0.1, 0.15) is 28.3 Å². The van der Waals surface area contributed by atoms with E-state index in [1.807, 2.05) is 0 Å². The molecular weight excluding hydrogens is 218 g/mol. The molecule has 0 fully saturated rings. The van der Waals surface area contributed by atoms with Crippen molar-refractivity contribution in [2.45, 2.75) is 6.04 Å². The third kappa shape index (κ3) is 1.28. The first kappa shape index (κ1) is 9.72. The third-order valence-corrected chi connectivity index (χ3v) is 3.73. The van der Waals surface area contributed by atoms with Gasteiger partial charge in [-0.3, -0.25) is 0 Å². The zero-order chi connectivity index (χ0) is 11.9. The molecule has 2 heterocycles. The van der Waals surface area contributed by atoms with Crippen LogP contribution >= 0.6 is 0 Å². The van der Waals surface area contributed by atoms with Crippen LogP contribution in [-0.2, 0) is 0 Å². The molecule has 2 aliphatic rings. The van der Waals surface area contributed by atoms with E-state index in [1.54, 1.807) is 0 Å². The van der Waals surface area contributed by atoms with Gasteiger partial charge in [-0.1, -0.05) is 48.5 Å². The maximum atomic E-state index is 2.28. The Morgan fingerprint density at radius 2 is 1.17 bits per heavy atom. The van der Waals surface area contributed by atoms with Crippen molar-refractivity contribution in [2.24, 2.45) is 0 Å². The van der Waals surface area contributed by atoms with Crippen LogP contribution in [-0.4, -0.2) is 4.90 Å². The lowest BCUT2D eigenvalue weighted by Gasteiger charge is -2.36. The largest absolute Gasteiger partial charge is 0.343 e. The molecule has 1 nitrogen and oxygen atoms in total. The van der Waals surface area contributed by atoms with E-state index in [9.17, 15) is 0 Å². The van der Waals surface area contributed by atoms with E-state index in [-0.39, 0.29) is 0 Å². The quantitative estimate of drug-likeness (QED) is 0.661. The van der Waals surface area contributed by atoms with Crippen molar-refractivity contribution in [3.05, 3.63) is 83.2 Å². The topological polar surface area (TPSA) is 3.24 Å². The zero-order valence-electron chi connectivity index (χ0n) is 9.95. The van der Waals surface area contributed by atoms with Gasteiger partial charge in [-0.2, -0.15) is 0 Å². The average Bonchev–Trinajstić information content (AvgIpc) is 2.46. The van der Waals surface area contributed by atoms with Crippen LogP contribution < -0.4 is 0 Å². The van der Waals surface area contributed by atoms with E-state index >= 15 is 0 Å². The summed E-state index contributed by atoms with van der Waals surface area (Å²) in [6, 6.07) is 17.6. The normalized spacial score (nSPS) is 16.1. The van der Waals surface area contributed by atoms with Crippen molar-refractivity contribution in [3.8, 4) is 0 Å². The summed E-state index contributed by atoms with van der Waals surface area (Å²) in [5.74, 6) is 0. The highest BCUT2D eigenvalue weighted by molar-refractivity contribution is 5.65. The van der Waals surface area contributed by atoms with Crippen molar-refractivity contribution >= 4 is 12.2 Å². The van der Waals surface area contributed by atoms with E-state index < -0.39 is 0 Å². The van der Waals surface area contributed by atoms with Crippen LogP contribution in [0.3, 0.4) is 0 Å². The molecule has 0 saturated heterocycles. The molecule has 86 valence electrons. The average molecular weight is 231 g/mol. The van der Waals surface area contributed by atoms with Gasteiger partial charge >= 0.3 is 0 Å². The lowest BCUT2D eigenvalue weighted by Crippen LogP contribution is -2.25. The molecule has 2 aliphatic heterocycles. The lowest BCUT2D eigenvalue weighted by molar-refractivity contribution is 0.420. The molecular formula is C17H13N. The monoisotopic (exact) mass is 231 g/mol. The Balaban J connectivity index is 1.98. The van der Waals surface area contributed by atoms with Crippen molar-refractivity contribution in [3.63, 3.8) is 0 Å². The molecule has 2 aromatic rings. The highest BCUT2D eigenvalue weighted by Crippen LogP contribution is 2.39. The van der Waals surface area contributed by atoms with Gasteiger partial charge in [0.05, 0.1) is 6.04 Å². The molecule has 0 bridgehead atoms. The molecule has 0 unspecified atom stereocenters. The number of benzene rings is 2. The summed E-state index contributed by atoms with van der Waals surface area (Å²) < 4.78 is 0. The Hall–Kier alpha value is -2.28. The maximum Gasteiger partial charge on any atom is 0.0844 e. The van der Waals surface area contributed by atoms with Gasteiger partial charge in [0, 0.05) is 12.4 Å². The second-order valence-corrected chi connectivity index (χ2v) is 4.74. The molecule has 2 aromatic carbocycles. The van der Waals surface area contributed by atoms with Crippen LogP contribution in [0.15, 0.2) is 60.9 Å². The molecule has 0 N–H and O–H groups in total. The fraction of sp³-hybridized carbons (Fsp3) is 0.0588. The van der Waals surface area contributed by atoms with Crippen molar-refractivity contribution in [1.82, 2.24) is 4.90 Å². The summed E-state index contributed by atoms with van der Waals surface area (Å²) in [7, 11) is 0. The van der Waals surface area contributed by atoms with Gasteiger partial charge in [0.15, 0.2) is 0 Å². The van der Waals surface area contributed by atoms with Crippen molar-refractivity contribution in [2.75, 3.05) is 0 Å². The van der Waals surface area contributed by atoms with Gasteiger partial charge < -0.3 is 4.90 Å². The first-order chi connectivity index (χ1) is 8.93. The van der Waals surface area contributed by atoms with Gasteiger partial charge in [-0.25, -0.2) is 0 Å². The van der Waals surface area contributed by atoms with Gasteiger partial charge in [0.1, 0.15) is 0 Å². The van der Waals surface area contributed by atoms with Crippen LogP contribution in [0.2, 0.25) is 0 Å². The van der Waals surface area contributed by atoms with Crippen molar-refractivity contribution in [1.29, 1.82) is 0 Å². The predicted octanol–water partition coefficient (Wildman–Crippen LogP) is 4.05. The standard InChI is InChI=1S/C17H13N/c1-3-7-15-13(5-1)9-11-18-12-10-14-6-2-4-8-16(14)17(15)18/h1-12,17H. The maximum absolute atomic E-state index is 2.28. The second-order valence-electron chi connectivity index (χ2n) is 4.74. The van der Waals surface area contributed by atoms with Gasteiger partial charge in [0.2, 0.25) is 0 Å². The number of hydrogen-bond donors (Lipinski definition) is 0. The molecule has 0 amide bonds. The summed E-state index contributed by atoms with van der Waals surface area (Å²) in [6.07, 6.45) is 8.70. The first-order valence-electron chi connectivity index (χ1n) is 6.25. The summed E-state index contributed by atoms with van der Waals surface area (Å²) in [6.45, 7) is 0. The fourth-order valence-electron chi connectivity index (χ4n) is 2.87. The molecule has 0 atom stereocenters. The highest BCUT2D eigenvalue weighted by atomic mass is 15.1. The van der Waals surface area contributed by atoms with Gasteiger partial charge in [-0.05, 0) is 34.4 Å². The Morgan fingerprint density at radius 1 is 0.667 bits per heavy atom. The molecule has 4 rings (SSSR count). The molecule has 18 heavy (non-hydrogen) atoms. The molecule has 1 heteroatoms. The second kappa shape index (κ2) is 3.61. The van der Waals surface area contributed by atoms with E-state index in [4.69, 9.17) is 0 Å². The van der Waals surface area contributed by atoms with E-state index in [0.717, 1.165) is 0 Å². The minimum Gasteiger partial charge on any atom is -0.343 e. The SMILES string of the molecule is C1=CN2C=Cc3ccccc3C2c2ccccc21. The highest BCUT2D eigenvalue weighted by Gasteiger charge is 2.27. The third-order valence-electron chi connectivity index (χ3n) is 3.73. The number of rotatable bonds is 0. The van der Waals surface area contributed by atoms with Crippen LogP contribution in [0, 0.1) is 0 Å². The Bertz CT molecular complexity index is 609. The number of hydrogen-bond acceptors (Lipinski definition) is 1. The summed E-state index contributed by atoms with van der Waals surface area (Å²) in [4.78, 5) is 2.28. The first-order valence-corrected chi connectivity index (χ1v) is 6.25. The minimum absolute atomic E-state index is 0.326. The smallest absolute Gasteiger partial charge is 0.0844 e. The number of nitrogens with zero attached hydrogens (tertiary/aromatic N) is 1.